The van der Waals surface area contributed by atoms with Crippen LogP contribution < -0.4 is 5.48 Å². The second-order valence-electron chi connectivity index (χ2n) is 7.23. The molecule has 5 rings (SSSR count). The monoisotopic (exact) mass is 363 g/mol. The van der Waals surface area contributed by atoms with Crippen molar-refractivity contribution in [2.45, 2.75) is 69.5 Å². The number of nitrogens with one attached hydrogen (secondary N) is 1. The average Bonchev–Trinajstić information content (AvgIpc) is 2.57. The number of benzene rings is 1. The SMILES string of the molecule is CCOC(=O)C(NOCc1ccccc1)C12C[C@H]3C[C@@H](C1)OC(C)(O3)O2. The summed E-state index contributed by atoms with van der Waals surface area (Å²) in [5, 5.41) is 0. The van der Waals surface area contributed by atoms with Crippen molar-refractivity contribution in [3.63, 3.8) is 0 Å². The van der Waals surface area contributed by atoms with E-state index in [-0.39, 0.29) is 18.2 Å². The van der Waals surface area contributed by atoms with Crippen molar-refractivity contribution in [3.8, 4) is 0 Å². The summed E-state index contributed by atoms with van der Waals surface area (Å²) in [7, 11) is 0. The van der Waals surface area contributed by atoms with Crippen molar-refractivity contribution in [1.82, 2.24) is 5.48 Å². The Labute approximate surface area is 152 Å². The van der Waals surface area contributed by atoms with Gasteiger partial charge in [0.1, 0.15) is 5.60 Å². The van der Waals surface area contributed by atoms with Gasteiger partial charge in [-0.05, 0) is 12.5 Å². The standard InChI is InChI=1S/C19H25NO6/c1-3-22-17(21)16(20-23-12-13-7-5-4-6-8-13)19-10-14-9-15(11-19)25-18(2,24-14)26-19/h4-8,14-16,20H,3,9-12H2,1-2H3/t14-,15+,16?,18?,19?. The molecule has 5 atom stereocenters. The lowest BCUT2D eigenvalue weighted by atomic mass is 9.74. The summed E-state index contributed by atoms with van der Waals surface area (Å²) in [4.78, 5) is 18.3. The normalized spacial score (nSPS) is 36.1. The zero-order chi connectivity index (χ0) is 18.2. The van der Waals surface area contributed by atoms with Crippen LogP contribution in [0, 0.1) is 0 Å². The quantitative estimate of drug-likeness (QED) is 0.587. The molecule has 1 N–H and O–H groups in total. The molecule has 4 aliphatic rings. The smallest absolute Gasteiger partial charge is 0.328 e. The number of carbonyl (C=O) groups is 1. The minimum absolute atomic E-state index is 0.00843. The first-order valence-electron chi connectivity index (χ1n) is 9.16. The number of rotatable bonds is 7. The minimum atomic E-state index is -1.12. The maximum Gasteiger partial charge on any atom is 0.328 e. The third-order valence-electron chi connectivity index (χ3n) is 5.15. The van der Waals surface area contributed by atoms with Gasteiger partial charge in [-0.1, -0.05) is 30.3 Å². The van der Waals surface area contributed by atoms with Crippen LogP contribution in [0.3, 0.4) is 0 Å². The summed E-state index contributed by atoms with van der Waals surface area (Å²) in [6.07, 6.45) is 2.05. The summed E-state index contributed by atoms with van der Waals surface area (Å²) in [6, 6.07) is 9.01. The Hall–Kier alpha value is -1.51. The van der Waals surface area contributed by atoms with Crippen molar-refractivity contribution in [3.05, 3.63) is 35.9 Å². The minimum Gasteiger partial charge on any atom is -0.465 e. The maximum absolute atomic E-state index is 12.7. The highest BCUT2D eigenvalue weighted by molar-refractivity contribution is 5.77. The van der Waals surface area contributed by atoms with Gasteiger partial charge in [-0.2, -0.15) is 5.48 Å². The summed E-state index contributed by atoms with van der Waals surface area (Å²) in [5.74, 6) is -1.50. The second kappa shape index (κ2) is 6.90. The molecule has 142 valence electrons. The number of hydrogen-bond donors (Lipinski definition) is 1. The Morgan fingerprint density at radius 2 is 1.96 bits per heavy atom. The van der Waals surface area contributed by atoms with Crippen LogP contribution in [-0.2, 0) is 35.2 Å². The lowest BCUT2D eigenvalue weighted by Gasteiger charge is -2.60. The van der Waals surface area contributed by atoms with E-state index in [1.165, 1.54) is 0 Å². The number of hydrogen-bond acceptors (Lipinski definition) is 7. The first-order valence-corrected chi connectivity index (χ1v) is 9.16. The Balaban J connectivity index is 1.50. The molecule has 0 spiro atoms. The van der Waals surface area contributed by atoms with Gasteiger partial charge >= 0.3 is 5.97 Å². The molecule has 7 nitrogen and oxygen atoms in total. The molecular weight excluding hydrogens is 338 g/mol. The van der Waals surface area contributed by atoms with Crippen LogP contribution in [0.15, 0.2) is 30.3 Å². The van der Waals surface area contributed by atoms with E-state index in [1.807, 2.05) is 30.3 Å². The molecule has 3 heterocycles. The van der Waals surface area contributed by atoms with E-state index in [0.717, 1.165) is 12.0 Å². The molecule has 1 aromatic rings. The van der Waals surface area contributed by atoms with Gasteiger partial charge in [0, 0.05) is 26.2 Å². The van der Waals surface area contributed by atoms with E-state index in [9.17, 15) is 4.79 Å². The molecule has 26 heavy (non-hydrogen) atoms. The summed E-state index contributed by atoms with van der Waals surface area (Å²) < 4.78 is 23.1. The zero-order valence-electron chi connectivity index (χ0n) is 15.1. The summed E-state index contributed by atoms with van der Waals surface area (Å²) >= 11 is 0. The molecular formula is C19H25NO6. The van der Waals surface area contributed by atoms with Gasteiger partial charge in [-0.3, -0.25) is 9.63 Å². The highest BCUT2D eigenvalue weighted by atomic mass is 16.9. The van der Waals surface area contributed by atoms with Gasteiger partial charge < -0.3 is 18.9 Å². The maximum atomic E-state index is 12.7. The van der Waals surface area contributed by atoms with E-state index in [0.29, 0.717) is 26.1 Å². The van der Waals surface area contributed by atoms with Crippen molar-refractivity contribution >= 4 is 5.97 Å². The van der Waals surface area contributed by atoms with Crippen molar-refractivity contribution in [1.29, 1.82) is 0 Å². The van der Waals surface area contributed by atoms with Crippen LogP contribution in [0.25, 0.3) is 0 Å². The number of carbonyl (C=O) groups excluding carboxylic acids is 1. The Morgan fingerprint density at radius 1 is 1.27 bits per heavy atom. The van der Waals surface area contributed by atoms with Crippen LogP contribution in [0.2, 0.25) is 0 Å². The van der Waals surface area contributed by atoms with E-state index in [1.54, 1.807) is 13.8 Å². The highest BCUT2D eigenvalue weighted by Crippen LogP contribution is 2.51. The summed E-state index contributed by atoms with van der Waals surface area (Å²) in [6.45, 7) is 4.17. The van der Waals surface area contributed by atoms with Gasteiger partial charge in [0.25, 0.3) is 5.97 Å². The van der Waals surface area contributed by atoms with Gasteiger partial charge in [0.2, 0.25) is 0 Å². The predicted octanol–water partition coefficient (Wildman–Crippen LogP) is 2.05. The predicted molar refractivity (Wildman–Crippen MR) is 90.6 cm³/mol. The molecule has 1 saturated carbocycles. The number of hydroxylamine groups is 1. The van der Waals surface area contributed by atoms with E-state index in [2.05, 4.69) is 5.48 Å². The Kier molecular flexibility index (Phi) is 4.75. The van der Waals surface area contributed by atoms with E-state index >= 15 is 0 Å². The molecule has 0 amide bonds. The van der Waals surface area contributed by atoms with Crippen molar-refractivity contribution in [2.75, 3.05) is 6.61 Å². The molecule has 3 saturated heterocycles. The van der Waals surface area contributed by atoms with Crippen molar-refractivity contribution < 1.29 is 28.6 Å². The molecule has 4 bridgehead atoms. The third kappa shape index (κ3) is 3.37. The van der Waals surface area contributed by atoms with Gasteiger partial charge in [-0.15, -0.1) is 0 Å². The summed E-state index contributed by atoms with van der Waals surface area (Å²) in [5.41, 5.74) is 3.16. The van der Waals surface area contributed by atoms with Crippen LogP contribution in [0.1, 0.15) is 38.7 Å². The third-order valence-corrected chi connectivity index (χ3v) is 5.15. The molecule has 7 heteroatoms. The van der Waals surface area contributed by atoms with Gasteiger partial charge in [0.15, 0.2) is 6.04 Å². The molecule has 1 aliphatic carbocycles. The second-order valence-corrected chi connectivity index (χ2v) is 7.23. The van der Waals surface area contributed by atoms with Gasteiger partial charge in [-0.25, -0.2) is 0 Å². The Bertz CT molecular complexity index is 637. The molecule has 0 aromatic heterocycles. The highest BCUT2D eigenvalue weighted by Gasteiger charge is 2.64. The largest absolute Gasteiger partial charge is 0.465 e. The van der Waals surface area contributed by atoms with Crippen molar-refractivity contribution in [2.24, 2.45) is 0 Å². The van der Waals surface area contributed by atoms with Crippen LogP contribution in [-0.4, -0.2) is 42.4 Å². The number of ether oxygens (including phenoxy) is 4. The van der Waals surface area contributed by atoms with Gasteiger partial charge in [0.05, 0.1) is 25.4 Å². The van der Waals surface area contributed by atoms with Crippen LogP contribution in [0.4, 0.5) is 0 Å². The molecule has 3 unspecified atom stereocenters. The molecule has 4 fully saturated rings. The first kappa shape index (κ1) is 17.9. The lowest BCUT2D eigenvalue weighted by Crippen LogP contribution is -2.73. The zero-order valence-corrected chi connectivity index (χ0v) is 15.1. The fraction of sp³-hybridized carbons (Fsp3) is 0.632. The van der Waals surface area contributed by atoms with Crippen LogP contribution >= 0.6 is 0 Å². The molecule has 3 aliphatic heterocycles. The number of esters is 1. The first-order chi connectivity index (χ1) is 12.5. The van der Waals surface area contributed by atoms with Crippen LogP contribution in [0.5, 0.6) is 0 Å². The fourth-order valence-corrected chi connectivity index (χ4v) is 4.30. The average molecular weight is 363 g/mol. The molecule has 0 radical (unpaired) electrons. The van der Waals surface area contributed by atoms with E-state index in [4.69, 9.17) is 23.8 Å². The Morgan fingerprint density at radius 3 is 2.58 bits per heavy atom. The lowest BCUT2D eigenvalue weighted by molar-refractivity contribution is -0.511. The molecule has 1 aromatic carbocycles. The topological polar surface area (TPSA) is 75.3 Å². The van der Waals surface area contributed by atoms with E-state index < -0.39 is 17.6 Å². The fourth-order valence-electron chi connectivity index (χ4n) is 4.30.